The SMILES string of the molecule is COC(=O)c1ccc(Cl)c(NC(=O)COC(=O)c2ccccc2F)c1. The van der Waals surface area contributed by atoms with Crippen molar-refractivity contribution in [2.24, 2.45) is 0 Å². The Morgan fingerprint density at radius 1 is 1.12 bits per heavy atom. The molecule has 2 rings (SSSR count). The molecular formula is C17H13ClFNO5. The first-order valence-corrected chi connectivity index (χ1v) is 7.39. The Morgan fingerprint density at radius 2 is 1.84 bits per heavy atom. The van der Waals surface area contributed by atoms with E-state index in [2.05, 4.69) is 10.1 Å². The van der Waals surface area contributed by atoms with Crippen molar-refractivity contribution in [3.05, 3.63) is 64.4 Å². The van der Waals surface area contributed by atoms with Gasteiger partial charge in [-0.05, 0) is 30.3 Å². The summed E-state index contributed by atoms with van der Waals surface area (Å²) in [6.07, 6.45) is 0. The van der Waals surface area contributed by atoms with Gasteiger partial charge in [-0.15, -0.1) is 0 Å². The van der Waals surface area contributed by atoms with E-state index in [4.69, 9.17) is 16.3 Å². The van der Waals surface area contributed by atoms with Gasteiger partial charge in [0, 0.05) is 0 Å². The Labute approximate surface area is 147 Å². The Bertz CT molecular complexity index is 824. The van der Waals surface area contributed by atoms with E-state index in [1.54, 1.807) is 0 Å². The molecule has 6 nitrogen and oxygen atoms in total. The van der Waals surface area contributed by atoms with Crippen LogP contribution in [0.1, 0.15) is 20.7 Å². The molecule has 0 unspecified atom stereocenters. The summed E-state index contributed by atoms with van der Waals surface area (Å²) < 4.78 is 22.8. The lowest BCUT2D eigenvalue weighted by Gasteiger charge is -2.09. The number of ether oxygens (including phenoxy) is 2. The molecule has 0 heterocycles. The molecule has 0 saturated heterocycles. The number of hydrogen-bond acceptors (Lipinski definition) is 5. The van der Waals surface area contributed by atoms with Gasteiger partial charge in [-0.25, -0.2) is 14.0 Å². The molecule has 1 N–H and O–H groups in total. The zero-order valence-electron chi connectivity index (χ0n) is 13.0. The largest absolute Gasteiger partial charge is 0.465 e. The molecule has 0 spiro atoms. The summed E-state index contributed by atoms with van der Waals surface area (Å²) in [4.78, 5) is 35.1. The fourth-order valence-corrected chi connectivity index (χ4v) is 2.05. The highest BCUT2D eigenvalue weighted by Gasteiger charge is 2.15. The molecule has 2 aromatic carbocycles. The average molecular weight is 366 g/mol. The summed E-state index contributed by atoms with van der Waals surface area (Å²) in [5, 5.41) is 2.58. The van der Waals surface area contributed by atoms with E-state index in [-0.39, 0.29) is 21.8 Å². The Kier molecular flexibility index (Phi) is 6.08. The maximum absolute atomic E-state index is 13.5. The molecule has 0 aliphatic heterocycles. The van der Waals surface area contributed by atoms with Gasteiger partial charge in [0.2, 0.25) is 0 Å². The van der Waals surface area contributed by atoms with Crippen LogP contribution in [0.2, 0.25) is 5.02 Å². The molecule has 130 valence electrons. The molecule has 0 radical (unpaired) electrons. The number of esters is 2. The maximum Gasteiger partial charge on any atom is 0.341 e. The molecule has 25 heavy (non-hydrogen) atoms. The molecule has 0 saturated carbocycles. The molecule has 0 aliphatic rings. The predicted octanol–water partition coefficient (Wildman–Crippen LogP) is 3.06. The standard InChI is InChI=1S/C17H13ClFNO5/c1-24-16(22)10-6-7-12(18)14(8-10)20-15(21)9-25-17(23)11-4-2-3-5-13(11)19/h2-8H,9H2,1H3,(H,20,21). The van der Waals surface area contributed by atoms with Gasteiger partial charge in [0.25, 0.3) is 5.91 Å². The highest BCUT2D eigenvalue weighted by Crippen LogP contribution is 2.23. The van der Waals surface area contributed by atoms with Gasteiger partial charge >= 0.3 is 11.9 Å². The van der Waals surface area contributed by atoms with Gasteiger partial charge in [0.15, 0.2) is 6.61 Å². The first-order valence-electron chi connectivity index (χ1n) is 7.01. The Balaban J connectivity index is 2.00. The molecule has 8 heteroatoms. The van der Waals surface area contributed by atoms with E-state index in [1.165, 1.54) is 43.5 Å². The van der Waals surface area contributed by atoms with E-state index >= 15 is 0 Å². The van der Waals surface area contributed by atoms with Crippen molar-refractivity contribution in [1.29, 1.82) is 0 Å². The number of methoxy groups -OCH3 is 1. The van der Waals surface area contributed by atoms with Crippen LogP contribution in [-0.4, -0.2) is 31.6 Å². The number of carbonyl (C=O) groups excluding carboxylic acids is 3. The topological polar surface area (TPSA) is 81.7 Å². The van der Waals surface area contributed by atoms with Crippen molar-refractivity contribution in [2.75, 3.05) is 19.0 Å². The highest BCUT2D eigenvalue weighted by atomic mass is 35.5. The van der Waals surface area contributed by atoms with Crippen molar-refractivity contribution in [3.63, 3.8) is 0 Å². The highest BCUT2D eigenvalue weighted by molar-refractivity contribution is 6.33. The van der Waals surface area contributed by atoms with Gasteiger partial charge in [-0.3, -0.25) is 4.79 Å². The van der Waals surface area contributed by atoms with Crippen molar-refractivity contribution in [2.45, 2.75) is 0 Å². The van der Waals surface area contributed by atoms with Crippen LogP contribution >= 0.6 is 11.6 Å². The lowest BCUT2D eigenvalue weighted by atomic mass is 10.2. The number of amides is 1. The third kappa shape index (κ3) is 4.77. The fraction of sp³-hybridized carbons (Fsp3) is 0.118. The van der Waals surface area contributed by atoms with Crippen LogP contribution < -0.4 is 5.32 Å². The maximum atomic E-state index is 13.5. The van der Waals surface area contributed by atoms with Crippen molar-refractivity contribution in [1.82, 2.24) is 0 Å². The molecule has 0 atom stereocenters. The van der Waals surface area contributed by atoms with Gasteiger partial charge in [0.05, 0.1) is 28.9 Å². The summed E-state index contributed by atoms with van der Waals surface area (Å²) in [6, 6.07) is 9.41. The van der Waals surface area contributed by atoms with Gasteiger partial charge in [-0.2, -0.15) is 0 Å². The van der Waals surface area contributed by atoms with Crippen LogP contribution in [0.3, 0.4) is 0 Å². The normalized spacial score (nSPS) is 10.0. The molecular weight excluding hydrogens is 353 g/mol. The first kappa shape index (κ1) is 18.4. The summed E-state index contributed by atoms with van der Waals surface area (Å²) in [5.41, 5.74) is 0.0584. The molecule has 0 fully saturated rings. The van der Waals surface area contributed by atoms with Crippen molar-refractivity contribution in [3.8, 4) is 0 Å². The second-order valence-electron chi connectivity index (χ2n) is 4.79. The molecule has 1 amide bonds. The average Bonchev–Trinajstić information content (AvgIpc) is 2.61. The van der Waals surface area contributed by atoms with Crippen LogP contribution in [0.25, 0.3) is 0 Å². The second kappa shape index (κ2) is 8.25. The number of hydrogen-bond donors (Lipinski definition) is 1. The number of halogens is 2. The third-order valence-electron chi connectivity index (χ3n) is 3.09. The van der Waals surface area contributed by atoms with Crippen molar-refractivity contribution < 1.29 is 28.2 Å². The monoisotopic (exact) mass is 365 g/mol. The molecule has 0 aliphatic carbocycles. The van der Waals surface area contributed by atoms with E-state index in [0.717, 1.165) is 6.07 Å². The molecule has 0 aromatic heterocycles. The van der Waals surface area contributed by atoms with Crippen LogP contribution in [0, 0.1) is 5.82 Å². The Hall–Kier alpha value is -2.93. The zero-order chi connectivity index (χ0) is 18.4. The number of anilines is 1. The minimum atomic E-state index is -0.970. The summed E-state index contributed by atoms with van der Waals surface area (Å²) in [7, 11) is 1.22. The smallest absolute Gasteiger partial charge is 0.341 e. The second-order valence-corrected chi connectivity index (χ2v) is 5.20. The number of carbonyl (C=O) groups is 3. The Morgan fingerprint density at radius 3 is 2.52 bits per heavy atom. The van der Waals surface area contributed by atoms with Crippen LogP contribution in [0.15, 0.2) is 42.5 Å². The minimum absolute atomic E-state index is 0.150. The fourth-order valence-electron chi connectivity index (χ4n) is 1.89. The van der Waals surface area contributed by atoms with Crippen molar-refractivity contribution >= 4 is 35.1 Å². The van der Waals surface area contributed by atoms with E-state index in [0.29, 0.717) is 0 Å². The summed E-state index contributed by atoms with van der Waals surface area (Å²) in [6.45, 7) is -0.647. The van der Waals surface area contributed by atoms with Crippen LogP contribution in [0.4, 0.5) is 10.1 Å². The number of rotatable bonds is 5. The predicted molar refractivity (Wildman–Crippen MR) is 88.1 cm³/mol. The van der Waals surface area contributed by atoms with Gasteiger partial charge < -0.3 is 14.8 Å². The minimum Gasteiger partial charge on any atom is -0.465 e. The lowest BCUT2D eigenvalue weighted by molar-refractivity contribution is -0.119. The van der Waals surface area contributed by atoms with Gasteiger partial charge in [-0.1, -0.05) is 23.7 Å². The van der Waals surface area contributed by atoms with Crippen LogP contribution in [0.5, 0.6) is 0 Å². The van der Waals surface area contributed by atoms with Crippen LogP contribution in [-0.2, 0) is 14.3 Å². The summed E-state index contributed by atoms with van der Waals surface area (Å²) >= 11 is 5.94. The lowest BCUT2D eigenvalue weighted by Crippen LogP contribution is -2.21. The van der Waals surface area contributed by atoms with Gasteiger partial charge in [0.1, 0.15) is 5.82 Å². The molecule has 2 aromatic rings. The quantitative estimate of drug-likeness (QED) is 0.823. The zero-order valence-corrected chi connectivity index (χ0v) is 13.8. The van der Waals surface area contributed by atoms with E-state index in [1.807, 2.05) is 0 Å². The van der Waals surface area contributed by atoms with E-state index in [9.17, 15) is 18.8 Å². The first-order chi connectivity index (χ1) is 11.9. The van der Waals surface area contributed by atoms with E-state index < -0.39 is 30.3 Å². The number of benzene rings is 2. The summed E-state index contributed by atoms with van der Waals surface area (Å²) in [5.74, 6) is -3.02. The third-order valence-corrected chi connectivity index (χ3v) is 3.42. The molecule has 0 bridgehead atoms. The number of nitrogens with one attached hydrogen (secondary N) is 1.